The highest BCUT2D eigenvalue weighted by Crippen LogP contribution is 2.27. The molecular formula is C22H25N3O2S. The molecule has 0 spiro atoms. The molecule has 146 valence electrons. The molecule has 6 heteroatoms. The van der Waals surface area contributed by atoms with Crippen LogP contribution in [0.25, 0.3) is 10.9 Å². The number of carbonyl (C=O) groups is 1. The first-order valence-corrected chi connectivity index (χ1v) is 10.3. The highest BCUT2D eigenvalue weighted by Gasteiger charge is 2.24. The molecule has 0 N–H and O–H groups in total. The summed E-state index contributed by atoms with van der Waals surface area (Å²) in [6.45, 7) is 5.90. The summed E-state index contributed by atoms with van der Waals surface area (Å²) in [7, 11) is 1.77. The Labute approximate surface area is 169 Å². The van der Waals surface area contributed by atoms with E-state index in [4.69, 9.17) is 4.98 Å². The second-order valence-electron chi connectivity index (χ2n) is 6.84. The monoisotopic (exact) mass is 395 g/mol. The topological polar surface area (TPSA) is 55.2 Å². The van der Waals surface area contributed by atoms with Gasteiger partial charge in [-0.2, -0.15) is 0 Å². The van der Waals surface area contributed by atoms with E-state index in [9.17, 15) is 9.59 Å². The number of rotatable bonds is 6. The minimum absolute atomic E-state index is 0.00117. The molecule has 0 saturated carbocycles. The first kappa shape index (κ1) is 20.1. The van der Waals surface area contributed by atoms with Gasteiger partial charge < -0.3 is 4.90 Å². The Morgan fingerprint density at radius 3 is 2.43 bits per heavy atom. The lowest BCUT2D eigenvalue weighted by atomic mass is 10.2. The molecule has 0 radical (unpaired) electrons. The highest BCUT2D eigenvalue weighted by molar-refractivity contribution is 8.00. The molecule has 1 amide bonds. The smallest absolute Gasteiger partial charge is 0.262 e. The summed E-state index contributed by atoms with van der Waals surface area (Å²) in [5, 5.41) is 0.807. The van der Waals surface area contributed by atoms with Gasteiger partial charge >= 0.3 is 0 Å². The van der Waals surface area contributed by atoms with E-state index in [1.165, 1.54) is 11.8 Å². The zero-order valence-corrected chi connectivity index (χ0v) is 17.4. The molecule has 28 heavy (non-hydrogen) atoms. The maximum Gasteiger partial charge on any atom is 0.262 e. The van der Waals surface area contributed by atoms with Crippen LogP contribution in [0.4, 0.5) is 5.69 Å². The maximum atomic E-state index is 13.1. The molecule has 0 aliphatic heterocycles. The Morgan fingerprint density at radius 2 is 1.75 bits per heavy atom. The third kappa shape index (κ3) is 3.97. The summed E-state index contributed by atoms with van der Waals surface area (Å²) < 4.78 is 1.72. The van der Waals surface area contributed by atoms with E-state index in [1.807, 2.05) is 69.3 Å². The van der Waals surface area contributed by atoms with E-state index in [0.29, 0.717) is 16.1 Å². The molecule has 0 aliphatic carbocycles. The normalized spacial score (nSPS) is 13.3. The fourth-order valence-electron chi connectivity index (χ4n) is 3.04. The van der Waals surface area contributed by atoms with E-state index < -0.39 is 0 Å². The lowest BCUT2D eigenvalue weighted by Gasteiger charge is -2.23. The second-order valence-corrected chi connectivity index (χ2v) is 8.14. The standard InChI is InChI=1S/C22H25N3O2S/c1-5-15(2)25-21(27)18-13-9-10-14-19(18)23-22(25)28-16(3)20(26)24(4)17-11-7-6-8-12-17/h6-16H,5H2,1-4H3/t15-,16-/m1/s1. The summed E-state index contributed by atoms with van der Waals surface area (Å²) in [5.41, 5.74) is 1.44. The average Bonchev–Trinajstić information content (AvgIpc) is 2.73. The molecule has 0 bridgehead atoms. The first-order valence-electron chi connectivity index (χ1n) is 9.44. The van der Waals surface area contributed by atoms with Crippen molar-refractivity contribution in [3.8, 4) is 0 Å². The average molecular weight is 396 g/mol. The van der Waals surface area contributed by atoms with Crippen molar-refractivity contribution in [3.05, 3.63) is 65.0 Å². The number of carbonyl (C=O) groups excluding carboxylic acids is 1. The van der Waals surface area contributed by atoms with E-state index in [1.54, 1.807) is 22.6 Å². The molecule has 3 rings (SSSR count). The number of para-hydroxylation sites is 2. The van der Waals surface area contributed by atoms with Gasteiger partial charge in [0.05, 0.1) is 16.2 Å². The zero-order chi connectivity index (χ0) is 20.3. The molecule has 5 nitrogen and oxygen atoms in total. The van der Waals surface area contributed by atoms with Gasteiger partial charge in [-0.15, -0.1) is 0 Å². The molecular weight excluding hydrogens is 370 g/mol. The van der Waals surface area contributed by atoms with Crippen LogP contribution < -0.4 is 10.5 Å². The predicted octanol–water partition coefficient (Wildman–Crippen LogP) is 4.51. The number of aromatic nitrogens is 2. The molecule has 2 atom stereocenters. The van der Waals surface area contributed by atoms with Crippen LogP contribution in [-0.2, 0) is 4.79 Å². The van der Waals surface area contributed by atoms with Crippen molar-refractivity contribution in [1.29, 1.82) is 0 Å². The first-order chi connectivity index (χ1) is 13.4. The lowest BCUT2D eigenvalue weighted by Crippen LogP contribution is -2.34. The lowest BCUT2D eigenvalue weighted by molar-refractivity contribution is -0.117. The fourth-order valence-corrected chi connectivity index (χ4v) is 4.14. The van der Waals surface area contributed by atoms with Gasteiger partial charge in [0.2, 0.25) is 5.91 Å². The van der Waals surface area contributed by atoms with Crippen molar-refractivity contribution in [2.75, 3.05) is 11.9 Å². The van der Waals surface area contributed by atoms with Crippen LogP contribution in [0.2, 0.25) is 0 Å². The number of hydrogen-bond acceptors (Lipinski definition) is 4. The summed E-state index contributed by atoms with van der Waals surface area (Å²) in [6, 6.07) is 16.9. The molecule has 0 unspecified atom stereocenters. The SMILES string of the molecule is CC[C@@H](C)n1c(S[C@H](C)C(=O)N(C)c2ccccc2)nc2ccccc2c1=O. The number of amides is 1. The molecule has 0 fully saturated rings. The van der Waals surface area contributed by atoms with Crippen molar-refractivity contribution in [3.63, 3.8) is 0 Å². The molecule has 2 aromatic carbocycles. The second kappa shape index (κ2) is 8.61. The van der Waals surface area contributed by atoms with Gasteiger partial charge in [0.15, 0.2) is 5.16 Å². The predicted molar refractivity (Wildman–Crippen MR) is 116 cm³/mol. The van der Waals surface area contributed by atoms with E-state index in [-0.39, 0.29) is 22.8 Å². The van der Waals surface area contributed by atoms with Gasteiger partial charge in [-0.05, 0) is 44.5 Å². The number of anilines is 1. The number of benzene rings is 2. The largest absolute Gasteiger partial charge is 0.315 e. The van der Waals surface area contributed by atoms with Crippen LogP contribution in [-0.4, -0.2) is 27.8 Å². The summed E-state index contributed by atoms with van der Waals surface area (Å²) in [6.07, 6.45) is 0.805. The Hall–Kier alpha value is -2.60. The van der Waals surface area contributed by atoms with Crippen LogP contribution in [0.5, 0.6) is 0 Å². The van der Waals surface area contributed by atoms with Crippen molar-refractivity contribution >= 4 is 34.3 Å². The zero-order valence-electron chi connectivity index (χ0n) is 16.6. The van der Waals surface area contributed by atoms with Crippen LogP contribution in [0.1, 0.15) is 33.2 Å². The number of nitrogens with zero attached hydrogens (tertiary/aromatic N) is 3. The van der Waals surface area contributed by atoms with Crippen molar-refractivity contribution < 1.29 is 4.79 Å². The Kier molecular flexibility index (Phi) is 6.19. The van der Waals surface area contributed by atoms with Crippen molar-refractivity contribution in [1.82, 2.24) is 9.55 Å². The van der Waals surface area contributed by atoms with E-state index >= 15 is 0 Å². The molecule has 3 aromatic rings. The van der Waals surface area contributed by atoms with Crippen LogP contribution in [0.15, 0.2) is 64.5 Å². The van der Waals surface area contributed by atoms with Crippen molar-refractivity contribution in [2.45, 2.75) is 43.6 Å². The number of fused-ring (bicyclic) bond motifs is 1. The summed E-state index contributed by atoms with van der Waals surface area (Å²) in [5.74, 6) is -0.0330. The third-order valence-corrected chi connectivity index (χ3v) is 5.97. The van der Waals surface area contributed by atoms with Gasteiger partial charge in [-0.1, -0.05) is 49.0 Å². The number of hydrogen-bond donors (Lipinski definition) is 0. The van der Waals surface area contributed by atoms with Crippen LogP contribution >= 0.6 is 11.8 Å². The minimum atomic E-state index is -0.381. The Balaban J connectivity index is 1.96. The summed E-state index contributed by atoms with van der Waals surface area (Å²) >= 11 is 1.33. The highest BCUT2D eigenvalue weighted by atomic mass is 32.2. The van der Waals surface area contributed by atoms with E-state index in [0.717, 1.165) is 12.1 Å². The van der Waals surface area contributed by atoms with Gasteiger partial charge in [0.25, 0.3) is 5.56 Å². The van der Waals surface area contributed by atoms with Gasteiger partial charge in [0.1, 0.15) is 0 Å². The summed E-state index contributed by atoms with van der Waals surface area (Å²) in [4.78, 5) is 32.4. The quantitative estimate of drug-likeness (QED) is 0.455. The number of thioether (sulfide) groups is 1. The molecule has 1 aromatic heterocycles. The Morgan fingerprint density at radius 1 is 1.11 bits per heavy atom. The molecule has 0 aliphatic rings. The minimum Gasteiger partial charge on any atom is -0.315 e. The molecule has 0 saturated heterocycles. The van der Waals surface area contributed by atoms with Gasteiger partial charge in [0, 0.05) is 18.8 Å². The third-order valence-electron chi connectivity index (χ3n) is 4.91. The van der Waals surface area contributed by atoms with Gasteiger partial charge in [-0.3, -0.25) is 14.2 Å². The van der Waals surface area contributed by atoms with Crippen LogP contribution in [0, 0.1) is 0 Å². The van der Waals surface area contributed by atoms with Crippen molar-refractivity contribution in [2.24, 2.45) is 0 Å². The molecule has 1 heterocycles. The fraction of sp³-hybridized carbons (Fsp3) is 0.318. The van der Waals surface area contributed by atoms with Crippen LogP contribution in [0.3, 0.4) is 0 Å². The maximum absolute atomic E-state index is 13.1. The van der Waals surface area contributed by atoms with E-state index in [2.05, 4.69) is 0 Å². The Bertz CT molecular complexity index is 1030. The van der Waals surface area contributed by atoms with Gasteiger partial charge in [-0.25, -0.2) is 4.98 Å².